The number of amides is 3. The van der Waals surface area contributed by atoms with Crippen molar-refractivity contribution >= 4 is 40.8 Å². The Bertz CT molecular complexity index is 697. The first-order valence-corrected chi connectivity index (χ1v) is 7.42. The van der Waals surface area contributed by atoms with E-state index in [1.54, 1.807) is 12.1 Å². The minimum absolute atomic E-state index is 0.0739. The van der Waals surface area contributed by atoms with E-state index in [2.05, 4.69) is 10.6 Å². The molecule has 0 aromatic heterocycles. The summed E-state index contributed by atoms with van der Waals surface area (Å²) in [7, 11) is 0. The van der Waals surface area contributed by atoms with Crippen LogP contribution in [-0.4, -0.2) is 11.9 Å². The van der Waals surface area contributed by atoms with Gasteiger partial charge in [-0.15, -0.1) is 0 Å². The first-order valence-electron chi connectivity index (χ1n) is 6.67. The van der Waals surface area contributed by atoms with Crippen LogP contribution in [0.15, 0.2) is 42.5 Å². The van der Waals surface area contributed by atoms with Crippen LogP contribution < -0.4 is 10.6 Å². The van der Waals surface area contributed by atoms with Gasteiger partial charge in [-0.2, -0.15) is 0 Å². The van der Waals surface area contributed by atoms with Crippen molar-refractivity contribution in [2.75, 3.05) is 5.32 Å². The predicted octanol–water partition coefficient (Wildman–Crippen LogP) is 4.52. The third kappa shape index (κ3) is 3.78. The van der Waals surface area contributed by atoms with Crippen LogP contribution in [0, 0.1) is 0 Å². The van der Waals surface area contributed by atoms with Gasteiger partial charge in [0.15, 0.2) is 0 Å². The number of carbonyl (C=O) groups excluding carboxylic acids is 2. The van der Waals surface area contributed by atoms with Gasteiger partial charge in [0.1, 0.15) is 0 Å². The highest BCUT2D eigenvalue weighted by Gasteiger charge is 2.17. The number of halogens is 2. The Hall–Kier alpha value is -2.04. The van der Waals surface area contributed by atoms with Crippen molar-refractivity contribution < 1.29 is 9.59 Å². The van der Waals surface area contributed by atoms with Crippen LogP contribution in [0.3, 0.4) is 0 Å². The zero-order chi connectivity index (χ0) is 16.1. The Kier molecular flexibility index (Phi) is 5.41. The number of carbonyl (C=O) groups is 2. The van der Waals surface area contributed by atoms with E-state index >= 15 is 0 Å². The molecule has 2 aromatic carbocycles. The van der Waals surface area contributed by atoms with Gasteiger partial charge in [0.2, 0.25) is 0 Å². The van der Waals surface area contributed by atoms with Crippen LogP contribution in [0.1, 0.15) is 22.8 Å². The molecule has 6 heteroatoms. The molecule has 2 N–H and O–H groups in total. The second-order valence-corrected chi connectivity index (χ2v) is 5.33. The van der Waals surface area contributed by atoms with Crippen LogP contribution in [0.5, 0.6) is 0 Å². The molecule has 0 aliphatic carbocycles. The van der Waals surface area contributed by atoms with Gasteiger partial charge in [0.25, 0.3) is 5.91 Å². The van der Waals surface area contributed by atoms with Crippen molar-refractivity contribution in [1.82, 2.24) is 5.32 Å². The van der Waals surface area contributed by atoms with Crippen LogP contribution in [0.4, 0.5) is 10.5 Å². The number of hydrogen-bond donors (Lipinski definition) is 2. The molecule has 2 aromatic rings. The molecule has 0 atom stereocenters. The molecule has 22 heavy (non-hydrogen) atoms. The van der Waals surface area contributed by atoms with E-state index < -0.39 is 11.9 Å². The van der Waals surface area contributed by atoms with E-state index in [9.17, 15) is 9.59 Å². The number of anilines is 1. The van der Waals surface area contributed by atoms with Crippen molar-refractivity contribution in [1.29, 1.82) is 0 Å². The van der Waals surface area contributed by atoms with Gasteiger partial charge < -0.3 is 5.32 Å². The molecule has 0 saturated heterocycles. The second kappa shape index (κ2) is 7.29. The number of hydrogen-bond acceptors (Lipinski definition) is 2. The van der Waals surface area contributed by atoms with Crippen molar-refractivity contribution in [3.63, 3.8) is 0 Å². The molecule has 0 fully saturated rings. The Labute approximate surface area is 138 Å². The molecule has 0 aliphatic rings. The number of urea groups is 1. The summed E-state index contributed by atoms with van der Waals surface area (Å²) >= 11 is 11.9. The predicted molar refractivity (Wildman–Crippen MR) is 88.8 cm³/mol. The fourth-order valence-electron chi connectivity index (χ4n) is 1.98. The fourth-order valence-corrected chi connectivity index (χ4v) is 2.55. The largest absolute Gasteiger partial charge is 0.326 e. The SMILES string of the molecule is CCc1ccccc1NC(=O)NC(=O)c1c(Cl)cccc1Cl. The number of benzene rings is 2. The standard InChI is InChI=1S/C16H14Cl2N2O2/c1-2-10-6-3-4-9-13(10)19-16(22)20-15(21)14-11(17)7-5-8-12(14)18/h3-9H,2H2,1H3,(H2,19,20,21,22). The lowest BCUT2D eigenvalue weighted by molar-refractivity contribution is 0.0967. The van der Waals surface area contributed by atoms with E-state index in [0.717, 1.165) is 12.0 Å². The molecule has 0 aliphatic heterocycles. The van der Waals surface area contributed by atoms with Gasteiger partial charge in [-0.25, -0.2) is 4.79 Å². The molecule has 2 rings (SSSR count). The highest BCUT2D eigenvalue weighted by molar-refractivity contribution is 6.40. The Morgan fingerprint density at radius 1 is 1.00 bits per heavy atom. The van der Waals surface area contributed by atoms with Gasteiger partial charge >= 0.3 is 6.03 Å². The summed E-state index contributed by atoms with van der Waals surface area (Å²) in [5.74, 6) is -0.651. The maximum absolute atomic E-state index is 12.1. The molecule has 0 unspecified atom stereocenters. The average Bonchev–Trinajstić information content (AvgIpc) is 2.47. The van der Waals surface area contributed by atoms with Gasteiger partial charge in [-0.05, 0) is 30.2 Å². The number of rotatable bonds is 3. The van der Waals surface area contributed by atoms with Crippen LogP contribution in [-0.2, 0) is 6.42 Å². The Morgan fingerprint density at radius 2 is 1.64 bits per heavy atom. The van der Waals surface area contributed by atoms with Crippen molar-refractivity contribution in [3.8, 4) is 0 Å². The monoisotopic (exact) mass is 336 g/mol. The molecule has 0 bridgehead atoms. The molecule has 3 amide bonds. The van der Waals surface area contributed by atoms with Crippen LogP contribution >= 0.6 is 23.2 Å². The maximum Gasteiger partial charge on any atom is 0.326 e. The Morgan fingerprint density at radius 3 is 2.27 bits per heavy atom. The van der Waals surface area contributed by atoms with E-state index in [-0.39, 0.29) is 15.6 Å². The van der Waals surface area contributed by atoms with Gasteiger partial charge in [-0.1, -0.05) is 54.4 Å². The van der Waals surface area contributed by atoms with E-state index in [4.69, 9.17) is 23.2 Å². The minimum atomic E-state index is -0.651. The van der Waals surface area contributed by atoms with Crippen molar-refractivity contribution in [2.24, 2.45) is 0 Å². The topological polar surface area (TPSA) is 58.2 Å². The molecule has 4 nitrogen and oxygen atoms in total. The van der Waals surface area contributed by atoms with Crippen molar-refractivity contribution in [2.45, 2.75) is 13.3 Å². The molecule has 0 spiro atoms. The first kappa shape index (κ1) is 16.3. The van der Waals surface area contributed by atoms with E-state index in [0.29, 0.717) is 5.69 Å². The van der Waals surface area contributed by atoms with Crippen molar-refractivity contribution in [3.05, 3.63) is 63.6 Å². The van der Waals surface area contributed by atoms with Gasteiger partial charge in [0, 0.05) is 5.69 Å². The fraction of sp³-hybridized carbons (Fsp3) is 0.125. The summed E-state index contributed by atoms with van der Waals surface area (Å²) in [6, 6.07) is 11.4. The molecular formula is C16H14Cl2N2O2. The highest BCUT2D eigenvalue weighted by Crippen LogP contribution is 2.24. The minimum Gasteiger partial charge on any atom is -0.307 e. The third-order valence-corrected chi connectivity index (χ3v) is 3.69. The zero-order valence-corrected chi connectivity index (χ0v) is 13.3. The highest BCUT2D eigenvalue weighted by atomic mass is 35.5. The quantitative estimate of drug-likeness (QED) is 0.865. The number of para-hydroxylation sites is 1. The molecule has 0 saturated carbocycles. The zero-order valence-electron chi connectivity index (χ0n) is 11.8. The summed E-state index contributed by atoms with van der Waals surface area (Å²) in [6.07, 6.45) is 0.765. The van der Waals surface area contributed by atoms with Crippen LogP contribution in [0.25, 0.3) is 0 Å². The van der Waals surface area contributed by atoms with Crippen LogP contribution in [0.2, 0.25) is 10.0 Å². The third-order valence-electron chi connectivity index (χ3n) is 3.06. The summed E-state index contributed by atoms with van der Waals surface area (Å²) in [5, 5.41) is 5.24. The second-order valence-electron chi connectivity index (χ2n) is 4.52. The van der Waals surface area contributed by atoms with Gasteiger partial charge in [0.05, 0.1) is 15.6 Å². The van der Waals surface area contributed by atoms with E-state index in [1.165, 1.54) is 12.1 Å². The summed E-state index contributed by atoms with van der Waals surface area (Å²) < 4.78 is 0. The maximum atomic E-state index is 12.1. The Balaban J connectivity index is 2.11. The average molecular weight is 337 g/mol. The summed E-state index contributed by atoms with van der Waals surface area (Å²) in [5.41, 5.74) is 1.70. The lowest BCUT2D eigenvalue weighted by Crippen LogP contribution is -2.34. The number of nitrogens with one attached hydrogen (secondary N) is 2. The number of imide groups is 1. The molecule has 114 valence electrons. The molecule has 0 heterocycles. The smallest absolute Gasteiger partial charge is 0.307 e. The lowest BCUT2D eigenvalue weighted by Gasteiger charge is -2.11. The summed E-state index contributed by atoms with van der Waals surface area (Å²) in [4.78, 5) is 24.1. The lowest BCUT2D eigenvalue weighted by atomic mass is 10.1. The first-order chi connectivity index (χ1) is 10.5. The normalized spacial score (nSPS) is 10.1. The van der Waals surface area contributed by atoms with Gasteiger partial charge in [-0.3, -0.25) is 10.1 Å². The number of aryl methyl sites for hydroxylation is 1. The van der Waals surface area contributed by atoms with E-state index in [1.807, 2.05) is 25.1 Å². The molecule has 0 radical (unpaired) electrons. The summed E-state index contributed by atoms with van der Waals surface area (Å²) in [6.45, 7) is 1.98. The molecular weight excluding hydrogens is 323 g/mol.